The van der Waals surface area contributed by atoms with Gasteiger partial charge in [0, 0.05) is 32.1 Å². The van der Waals surface area contributed by atoms with Crippen LogP contribution in [0.25, 0.3) is 32.7 Å². The zero-order chi connectivity index (χ0) is 17.4. The minimum Gasteiger partial charge on any atom is -0.495 e. The number of benzene rings is 4. The van der Waals surface area contributed by atoms with Gasteiger partial charge in [0.25, 0.3) is 0 Å². The molecule has 4 aromatic rings. The maximum absolute atomic E-state index is 6.47. The van der Waals surface area contributed by atoms with Gasteiger partial charge in [0.05, 0.1) is 14.2 Å². The van der Waals surface area contributed by atoms with Crippen LogP contribution in [0.3, 0.4) is 0 Å². The standard InChI is InChI=1S/C22H17ClO2/c1-24-21-16-9-3-4-10-17(16)22(25-2)20-15(11-7-12-18(20)21)14-8-5-6-13-19(14)23/h3-13H,1-2H3. The molecule has 0 saturated heterocycles. The average Bonchev–Trinajstić information content (AvgIpc) is 2.66. The molecule has 0 aliphatic rings. The molecule has 0 saturated carbocycles. The lowest BCUT2D eigenvalue weighted by atomic mass is 9.93. The molecule has 2 nitrogen and oxygen atoms in total. The normalized spacial score (nSPS) is 11.0. The molecule has 0 amide bonds. The van der Waals surface area contributed by atoms with Gasteiger partial charge < -0.3 is 9.47 Å². The molecule has 0 aliphatic carbocycles. The molecule has 0 heterocycles. The quantitative estimate of drug-likeness (QED) is 0.403. The molecule has 0 atom stereocenters. The second-order valence-electron chi connectivity index (χ2n) is 5.82. The minimum absolute atomic E-state index is 0.712. The number of methoxy groups -OCH3 is 2. The first-order valence-electron chi connectivity index (χ1n) is 8.06. The molecule has 3 heteroatoms. The van der Waals surface area contributed by atoms with E-state index in [9.17, 15) is 0 Å². The Balaban J connectivity index is 2.24. The highest BCUT2D eigenvalue weighted by Gasteiger charge is 2.18. The Morgan fingerprint density at radius 1 is 0.600 bits per heavy atom. The summed E-state index contributed by atoms with van der Waals surface area (Å²) in [5, 5.41) is 4.79. The van der Waals surface area contributed by atoms with E-state index in [0.29, 0.717) is 5.02 Å². The fraction of sp³-hybridized carbons (Fsp3) is 0.0909. The predicted octanol–water partition coefficient (Wildman–Crippen LogP) is 6.33. The number of hydrogen-bond donors (Lipinski definition) is 0. The van der Waals surface area contributed by atoms with E-state index in [4.69, 9.17) is 21.1 Å². The van der Waals surface area contributed by atoms with E-state index in [1.54, 1.807) is 14.2 Å². The zero-order valence-corrected chi connectivity index (χ0v) is 14.8. The second kappa shape index (κ2) is 6.30. The molecule has 0 N–H and O–H groups in total. The first-order valence-corrected chi connectivity index (χ1v) is 8.44. The lowest BCUT2D eigenvalue weighted by Gasteiger charge is -2.18. The summed E-state index contributed by atoms with van der Waals surface area (Å²) in [6.45, 7) is 0. The van der Waals surface area contributed by atoms with Crippen LogP contribution in [0.5, 0.6) is 11.5 Å². The van der Waals surface area contributed by atoms with Crippen LogP contribution in [0.1, 0.15) is 0 Å². The average molecular weight is 349 g/mol. The van der Waals surface area contributed by atoms with E-state index in [-0.39, 0.29) is 0 Å². The van der Waals surface area contributed by atoms with Gasteiger partial charge >= 0.3 is 0 Å². The van der Waals surface area contributed by atoms with Crippen LogP contribution in [0.2, 0.25) is 5.02 Å². The molecule has 0 radical (unpaired) electrons. The summed E-state index contributed by atoms with van der Waals surface area (Å²) in [7, 11) is 3.41. The summed E-state index contributed by atoms with van der Waals surface area (Å²) in [4.78, 5) is 0. The largest absolute Gasteiger partial charge is 0.495 e. The van der Waals surface area contributed by atoms with Crippen LogP contribution in [0, 0.1) is 0 Å². The molecular formula is C22H17ClO2. The molecule has 0 fully saturated rings. The lowest BCUT2D eigenvalue weighted by molar-refractivity contribution is 0.417. The van der Waals surface area contributed by atoms with E-state index < -0.39 is 0 Å². The summed E-state index contributed by atoms with van der Waals surface area (Å²) < 4.78 is 11.6. The first kappa shape index (κ1) is 15.8. The maximum atomic E-state index is 6.47. The number of ether oxygens (including phenoxy) is 2. The van der Waals surface area contributed by atoms with Crippen molar-refractivity contribution in [2.75, 3.05) is 14.2 Å². The summed E-state index contributed by atoms with van der Waals surface area (Å²) >= 11 is 6.47. The number of rotatable bonds is 3. The Bertz CT molecular complexity index is 1090. The van der Waals surface area contributed by atoms with Gasteiger partial charge in [0.2, 0.25) is 0 Å². The molecule has 25 heavy (non-hydrogen) atoms. The zero-order valence-electron chi connectivity index (χ0n) is 14.0. The Morgan fingerprint density at radius 2 is 1.16 bits per heavy atom. The van der Waals surface area contributed by atoms with Crippen molar-refractivity contribution in [1.82, 2.24) is 0 Å². The summed E-state index contributed by atoms with van der Waals surface area (Å²) in [5.41, 5.74) is 2.01. The smallest absolute Gasteiger partial charge is 0.135 e. The number of halogens is 1. The molecule has 4 rings (SSSR count). The van der Waals surface area contributed by atoms with Crippen LogP contribution in [0.4, 0.5) is 0 Å². The molecule has 124 valence electrons. The molecule has 4 aromatic carbocycles. The highest BCUT2D eigenvalue weighted by Crippen LogP contribution is 2.47. The van der Waals surface area contributed by atoms with Crippen molar-refractivity contribution in [3.05, 3.63) is 71.8 Å². The second-order valence-corrected chi connectivity index (χ2v) is 6.23. The summed E-state index contributed by atoms with van der Waals surface area (Å²) in [6.07, 6.45) is 0. The first-order chi connectivity index (χ1) is 12.3. The minimum atomic E-state index is 0.712. The molecule has 0 aromatic heterocycles. The molecule has 0 spiro atoms. The van der Waals surface area contributed by atoms with Crippen molar-refractivity contribution in [1.29, 1.82) is 0 Å². The van der Waals surface area contributed by atoms with Crippen LogP contribution < -0.4 is 9.47 Å². The van der Waals surface area contributed by atoms with E-state index in [1.807, 2.05) is 42.5 Å². The highest BCUT2D eigenvalue weighted by molar-refractivity contribution is 6.34. The molecule has 0 bridgehead atoms. The highest BCUT2D eigenvalue weighted by atomic mass is 35.5. The molecule has 0 aliphatic heterocycles. The van der Waals surface area contributed by atoms with Gasteiger partial charge in [-0.1, -0.05) is 72.3 Å². The van der Waals surface area contributed by atoms with Gasteiger partial charge in [-0.05, 0) is 11.6 Å². The van der Waals surface area contributed by atoms with Gasteiger partial charge in [-0.25, -0.2) is 0 Å². The molecule has 0 unspecified atom stereocenters. The van der Waals surface area contributed by atoms with Gasteiger partial charge in [-0.2, -0.15) is 0 Å². The van der Waals surface area contributed by atoms with E-state index in [2.05, 4.69) is 24.3 Å². The van der Waals surface area contributed by atoms with Crippen molar-refractivity contribution in [3.8, 4) is 22.6 Å². The van der Waals surface area contributed by atoms with Crippen LogP contribution in [-0.4, -0.2) is 14.2 Å². The maximum Gasteiger partial charge on any atom is 0.135 e. The Morgan fingerprint density at radius 3 is 1.84 bits per heavy atom. The lowest BCUT2D eigenvalue weighted by Crippen LogP contribution is -1.94. The third-order valence-corrected chi connectivity index (χ3v) is 4.85. The SMILES string of the molecule is COc1c2ccccc2c(OC)c2c(-c3ccccc3Cl)cccc12. The third-order valence-electron chi connectivity index (χ3n) is 4.52. The Kier molecular flexibility index (Phi) is 3.98. The molecular weight excluding hydrogens is 332 g/mol. The topological polar surface area (TPSA) is 18.5 Å². The van der Waals surface area contributed by atoms with Crippen molar-refractivity contribution in [2.45, 2.75) is 0 Å². The van der Waals surface area contributed by atoms with Gasteiger partial charge in [0.1, 0.15) is 11.5 Å². The van der Waals surface area contributed by atoms with E-state index >= 15 is 0 Å². The monoisotopic (exact) mass is 348 g/mol. The van der Waals surface area contributed by atoms with Crippen molar-refractivity contribution in [2.24, 2.45) is 0 Å². The van der Waals surface area contributed by atoms with Crippen molar-refractivity contribution in [3.63, 3.8) is 0 Å². The Hall–Kier alpha value is -2.71. The van der Waals surface area contributed by atoms with Crippen LogP contribution >= 0.6 is 11.6 Å². The number of fused-ring (bicyclic) bond motifs is 2. The fourth-order valence-corrected chi connectivity index (χ4v) is 3.72. The van der Waals surface area contributed by atoms with Gasteiger partial charge in [-0.15, -0.1) is 0 Å². The van der Waals surface area contributed by atoms with Crippen molar-refractivity contribution < 1.29 is 9.47 Å². The van der Waals surface area contributed by atoms with Crippen LogP contribution in [0.15, 0.2) is 66.7 Å². The predicted molar refractivity (Wildman–Crippen MR) is 105 cm³/mol. The van der Waals surface area contributed by atoms with Crippen molar-refractivity contribution >= 4 is 33.1 Å². The third kappa shape index (κ3) is 2.41. The summed E-state index contributed by atoms with van der Waals surface area (Å²) in [6, 6.07) is 22.1. The summed E-state index contributed by atoms with van der Waals surface area (Å²) in [5.74, 6) is 1.68. The van der Waals surface area contributed by atoms with E-state index in [0.717, 1.165) is 44.2 Å². The van der Waals surface area contributed by atoms with E-state index in [1.165, 1.54) is 0 Å². The Labute approximate surface area is 151 Å². The van der Waals surface area contributed by atoms with Gasteiger partial charge in [-0.3, -0.25) is 0 Å². The van der Waals surface area contributed by atoms with Gasteiger partial charge in [0.15, 0.2) is 0 Å². The number of hydrogen-bond acceptors (Lipinski definition) is 2. The van der Waals surface area contributed by atoms with Crippen LogP contribution in [-0.2, 0) is 0 Å². The fourth-order valence-electron chi connectivity index (χ4n) is 3.48.